The summed E-state index contributed by atoms with van der Waals surface area (Å²) in [7, 11) is 0. The summed E-state index contributed by atoms with van der Waals surface area (Å²) in [6.45, 7) is 5.00. The van der Waals surface area contributed by atoms with E-state index in [2.05, 4.69) is 18.3 Å². The van der Waals surface area contributed by atoms with Crippen LogP contribution in [0.5, 0.6) is 0 Å². The van der Waals surface area contributed by atoms with Gasteiger partial charge in [0.25, 0.3) is 0 Å². The predicted molar refractivity (Wildman–Crippen MR) is 74.7 cm³/mol. The van der Waals surface area contributed by atoms with E-state index in [1.54, 1.807) is 24.3 Å². The molecule has 0 saturated heterocycles. The van der Waals surface area contributed by atoms with Gasteiger partial charge in [0.15, 0.2) is 0 Å². The van der Waals surface area contributed by atoms with Gasteiger partial charge in [-0.05, 0) is 37.1 Å². The molecular formula is C15H22N2O2. The second-order valence-electron chi connectivity index (χ2n) is 4.42. The lowest BCUT2D eigenvalue weighted by Crippen LogP contribution is -2.23. The Balaban J connectivity index is 2.16. The summed E-state index contributed by atoms with van der Waals surface area (Å²) in [5, 5.41) is 21.8. The van der Waals surface area contributed by atoms with E-state index in [0.29, 0.717) is 12.1 Å². The van der Waals surface area contributed by atoms with Crippen molar-refractivity contribution < 1.29 is 9.84 Å². The summed E-state index contributed by atoms with van der Waals surface area (Å²) in [4.78, 5) is 0. The van der Waals surface area contributed by atoms with E-state index in [1.165, 1.54) is 0 Å². The number of nitrogens with one attached hydrogen (secondary N) is 1. The maximum Gasteiger partial charge on any atom is 0.0991 e. The van der Waals surface area contributed by atoms with Crippen LogP contribution >= 0.6 is 0 Å². The Labute approximate surface area is 115 Å². The van der Waals surface area contributed by atoms with E-state index in [4.69, 9.17) is 10.00 Å². The summed E-state index contributed by atoms with van der Waals surface area (Å²) < 4.78 is 5.37. The quantitative estimate of drug-likeness (QED) is 0.668. The van der Waals surface area contributed by atoms with Gasteiger partial charge in [-0.2, -0.15) is 5.26 Å². The fourth-order valence-electron chi connectivity index (χ4n) is 1.68. The fourth-order valence-corrected chi connectivity index (χ4v) is 1.68. The highest BCUT2D eigenvalue weighted by molar-refractivity contribution is 5.32. The molecule has 1 rings (SSSR count). The van der Waals surface area contributed by atoms with Crippen LogP contribution in [0.25, 0.3) is 0 Å². The third-order valence-corrected chi connectivity index (χ3v) is 2.75. The number of ether oxygens (including phenoxy) is 1. The van der Waals surface area contributed by atoms with Gasteiger partial charge in [-0.25, -0.2) is 0 Å². The van der Waals surface area contributed by atoms with Gasteiger partial charge in [0.2, 0.25) is 0 Å². The van der Waals surface area contributed by atoms with Crippen molar-refractivity contribution in [3.8, 4) is 6.07 Å². The molecule has 1 atom stereocenters. The molecule has 1 unspecified atom stereocenters. The monoisotopic (exact) mass is 262 g/mol. The maximum atomic E-state index is 9.95. The van der Waals surface area contributed by atoms with Crippen LogP contribution in [0.2, 0.25) is 0 Å². The number of aliphatic hydroxyl groups is 1. The molecule has 0 radical (unpaired) electrons. The van der Waals surface area contributed by atoms with Gasteiger partial charge >= 0.3 is 0 Å². The zero-order valence-corrected chi connectivity index (χ0v) is 11.4. The molecule has 1 aromatic rings. The molecule has 0 fully saturated rings. The molecule has 0 aliphatic rings. The molecule has 2 N–H and O–H groups in total. The van der Waals surface area contributed by atoms with Gasteiger partial charge in [0.1, 0.15) is 0 Å². The minimum absolute atomic E-state index is 0.514. The standard InChI is InChI=1S/C15H22N2O2/c1-2-9-19-10-3-8-17-12-15(18)14-6-4-13(11-16)5-7-14/h4-7,15,17-18H,2-3,8-10,12H2,1H3. The Morgan fingerprint density at radius 3 is 2.68 bits per heavy atom. The van der Waals surface area contributed by atoms with E-state index in [9.17, 15) is 5.11 Å². The molecule has 0 aliphatic carbocycles. The van der Waals surface area contributed by atoms with Gasteiger partial charge in [-0.3, -0.25) is 0 Å². The summed E-state index contributed by atoms with van der Waals surface area (Å²) in [6.07, 6.45) is 1.45. The molecule has 0 bridgehead atoms. The van der Waals surface area contributed by atoms with Gasteiger partial charge in [0.05, 0.1) is 17.7 Å². The van der Waals surface area contributed by atoms with Crippen LogP contribution < -0.4 is 5.32 Å². The first-order valence-corrected chi connectivity index (χ1v) is 6.74. The molecule has 104 valence electrons. The highest BCUT2D eigenvalue weighted by Crippen LogP contribution is 2.12. The lowest BCUT2D eigenvalue weighted by molar-refractivity contribution is 0.129. The van der Waals surface area contributed by atoms with Crippen molar-refractivity contribution in [1.82, 2.24) is 5.32 Å². The van der Waals surface area contributed by atoms with Gasteiger partial charge in [-0.1, -0.05) is 19.1 Å². The molecule has 0 amide bonds. The molecule has 0 aromatic heterocycles. The molecular weight excluding hydrogens is 240 g/mol. The van der Waals surface area contributed by atoms with Crippen LogP contribution in [-0.2, 0) is 4.74 Å². The van der Waals surface area contributed by atoms with Crippen LogP contribution in [0.1, 0.15) is 37.0 Å². The number of benzene rings is 1. The number of hydrogen-bond donors (Lipinski definition) is 2. The molecule has 0 aliphatic heterocycles. The smallest absolute Gasteiger partial charge is 0.0991 e. The van der Waals surface area contributed by atoms with Gasteiger partial charge in [-0.15, -0.1) is 0 Å². The minimum atomic E-state index is -0.538. The number of hydrogen-bond acceptors (Lipinski definition) is 4. The molecule has 0 spiro atoms. The minimum Gasteiger partial charge on any atom is -0.387 e. The topological polar surface area (TPSA) is 65.3 Å². The molecule has 1 aromatic carbocycles. The third kappa shape index (κ3) is 6.35. The normalized spacial score (nSPS) is 12.1. The third-order valence-electron chi connectivity index (χ3n) is 2.75. The van der Waals surface area contributed by atoms with Gasteiger partial charge in [0, 0.05) is 19.8 Å². The zero-order chi connectivity index (χ0) is 13.9. The van der Waals surface area contributed by atoms with E-state index in [0.717, 1.165) is 38.2 Å². The van der Waals surface area contributed by atoms with Crippen LogP contribution in [0.3, 0.4) is 0 Å². The van der Waals surface area contributed by atoms with Crippen LogP contribution in [0.4, 0.5) is 0 Å². The van der Waals surface area contributed by atoms with Crippen molar-refractivity contribution in [2.75, 3.05) is 26.3 Å². The average molecular weight is 262 g/mol. The molecule has 4 heteroatoms. The number of aliphatic hydroxyl groups excluding tert-OH is 1. The van der Waals surface area contributed by atoms with Crippen molar-refractivity contribution in [1.29, 1.82) is 5.26 Å². The molecule has 4 nitrogen and oxygen atoms in total. The Morgan fingerprint density at radius 1 is 1.32 bits per heavy atom. The van der Waals surface area contributed by atoms with Crippen molar-refractivity contribution in [2.24, 2.45) is 0 Å². The summed E-state index contributed by atoms with van der Waals surface area (Å²) in [5.41, 5.74) is 1.44. The maximum absolute atomic E-state index is 9.95. The van der Waals surface area contributed by atoms with E-state index >= 15 is 0 Å². The van der Waals surface area contributed by atoms with E-state index in [1.807, 2.05) is 0 Å². The van der Waals surface area contributed by atoms with Crippen molar-refractivity contribution in [2.45, 2.75) is 25.9 Å². The van der Waals surface area contributed by atoms with Crippen LogP contribution in [-0.4, -0.2) is 31.4 Å². The first-order valence-electron chi connectivity index (χ1n) is 6.74. The average Bonchev–Trinajstić information content (AvgIpc) is 2.46. The van der Waals surface area contributed by atoms with E-state index < -0.39 is 6.10 Å². The lowest BCUT2D eigenvalue weighted by Gasteiger charge is -2.12. The largest absolute Gasteiger partial charge is 0.387 e. The summed E-state index contributed by atoms with van der Waals surface area (Å²) in [5.74, 6) is 0. The summed E-state index contributed by atoms with van der Waals surface area (Å²) >= 11 is 0. The Kier molecular flexibility index (Phi) is 7.83. The highest BCUT2D eigenvalue weighted by atomic mass is 16.5. The Bertz CT molecular complexity index is 384. The molecule has 19 heavy (non-hydrogen) atoms. The molecule has 0 saturated carbocycles. The fraction of sp³-hybridized carbons (Fsp3) is 0.533. The van der Waals surface area contributed by atoms with Gasteiger partial charge < -0.3 is 15.2 Å². The van der Waals surface area contributed by atoms with Crippen molar-refractivity contribution >= 4 is 0 Å². The highest BCUT2D eigenvalue weighted by Gasteiger charge is 2.06. The zero-order valence-electron chi connectivity index (χ0n) is 11.4. The first-order chi connectivity index (χ1) is 9.27. The second kappa shape index (κ2) is 9.51. The first kappa shape index (κ1) is 15.6. The van der Waals surface area contributed by atoms with Crippen LogP contribution in [0.15, 0.2) is 24.3 Å². The second-order valence-corrected chi connectivity index (χ2v) is 4.42. The Hall–Kier alpha value is -1.41. The summed E-state index contributed by atoms with van der Waals surface area (Å²) in [6, 6.07) is 9.07. The van der Waals surface area contributed by atoms with Crippen LogP contribution in [0, 0.1) is 11.3 Å². The SMILES string of the molecule is CCCOCCCNCC(O)c1ccc(C#N)cc1. The van der Waals surface area contributed by atoms with Crippen molar-refractivity contribution in [3.05, 3.63) is 35.4 Å². The molecule has 0 heterocycles. The number of rotatable bonds is 9. The van der Waals surface area contributed by atoms with E-state index in [-0.39, 0.29) is 0 Å². The Morgan fingerprint density at radius 2 is 2.05 bits per heavy atom. The lowest BCUT2D eigenvalue weighted by atomic mass is 10.1. The van der Waals surface area contributed by atoms with Crippen molar-refractivity contribution in [3.63, 3.8) is 0 Å². The predicted octanol–water partition coefficient (Wildman–Crippen LogP) is 2.00. The number of nitrogens with zero attached hydrogens (tertiary/aromatic N) is 1. The number of nitriles is 1.